The minimum atomic E-state index is -3.77. The Bertz CT molecular complexity index is 1130. The summed E-state index contributed by atoms with van der Waals surface area (Å²) >= 11 is 8.52. The normalized spacial score (nSPS) is 16.9. The van der Waals surface area contributed by atoms with Crippen LogP contribution in [-0.2, 0) is 14.8 Å². The van der Waals surface area contributed by atoms with Gasteiger partial charge in [0.15, 0.2) is 0 Å². The largest absolute Gasteiger partial charge is 0.383 e. The number of pyridine rings is 1. The highest BCUT2D eigenvalue weighted by Crippen LogP contribution is 2.36. The number of nitrogens with zero attached hydrogens (tertiary/aromatic N) is 2. The molecule has 0 saturated carbocycles. The maximum Gasteiger partial charge on any atom is 0.250 e. The molecular formula is C19H19ClN4O3S3. The molecule has 158 valence electrons. The van der Waals surface area contributed by atoms with Gasteiger partial charge in [0.1, 0.15) is 10.3 Å². The summed E-state index contributed by atoms with van der Waals surface area (Å²) in [6.07, 6.45) is 3.83. The van der Waals surface area contributed by atoms with Crippen LogP contribution < -0.4 is 10.0 Å². The van der Waals surface area contributed by atoms with Crippen molar-refractivity contribution in [1.82, 2.24) is 14.6 Å². The number of aromatic nitrogens is 1. The van der Waals surface area contributed by atoms with Crippen molar-refractivity contribution < 1.29 is 13.2 Å². The summed E-state index contributed by atoms with van der Waals surface area (Å²) in [7, 11) is -3.77. The summed E-state index contributed by atoms with van der Waals surface area (Å²) < 4.78 is 29.0. The number of carbonyl (C=O) groups excluding carboxylic acids is 1. The third-order valence-electron chi connectivity index (χ3n) is 4.65. The summed E-state index contributed by atoms with van der Waals surface area (Å²) in [4.78, 5) is 20.0. The van der Waals surface area contributed by atoms with Gasteiger partial charge in [0.05, 0.1) is 4.34 Å². The van der Waals surface area contributed by atoms with Gasteiger partial charge in [0.2, 0.25) is 5.91 Å². The fraction of sp³-hybridized carbons (Fsp3) is 0.263. The number of sulfonamides is 1. The predicted molar refractivity (Wildman–Crippen MR) is 121 cm³/mol. The highest BCUT2D eigenvalue weighted by Gasteiger charge is 2.35. The highest BCUT2D eigenvalue weighted by molar-refractivity contribution is 7.91. The third-order valence-corrected chi connectivity index (χ3v) is 9.12. The Morgan fingerprint density at radius 3 is 2.57 bits per heavy atom. The molecule has 1 saturated heterocycles. The quantitative estimate of drug-likeness (QED) is 0.512. The van der Waals surface area contributed by atoms with E-state index in [0.29, 0.717) is 30.4 Å². The highest BCUT2D eigenvalue weighted by atomic mass is 35.5. The number of likely N-dealkylation sites (tertiary alicyclic amines) is 1. The van der Waals surface area contributed by atoms with Crippen LogP contribution in [0.3, 0.4) is 0 Å². The smallest absolute Gasteiger partial charge is 0.250 e. The zero-order valence-corrected chi connectivity index (χ0v) is 19.0. The number of rotatable bonds is 8. The molecule has 11 heteroatoms. The summed E-state index contributed by atoms with van der Waals surface area (Å²) in [5.74, 6) is -0.197. The van der Waals surface area contributed by atoms with Crippen molar-refractivity contribution in [2.24, 2.45) is 0 Å². The van der Waals surface area contributed by atoms with E-state index in [-0.39, 0.29) is 10.1 Å². The lowest BCUT2D eigenvalue weighted by Crippen LogP contribution is -2.42. The molecule has 0 aliphatic carbocycles. The zero-order valence-electron chi connectivity index (χ0n) is 15.7. The number of halogens is 1. The maximum atomic E-state index is 12.8. The first-order valence-electron chi connectivity index (χ1n) is 9.23. The summed E-state index contributed by atoms with van der Waals surface area (Å²) in [6.45, 7) is 1.60. The lowest BCUT2D eigenvalue weighted by Gasteiger charge is -2.17. The van der Waals surface area contributed by atoms with Gasteiger partial charge in [0, 0.05) is 47.5 Å². The number of thiophene rings is 2. The van der Waals surface area contributed by atoms with E-state index < -0.39 is 16.1 Å². The number of hydrogen-bond acceptors (Lipinski definition) is 7. The standard InChI is InChI=1S/C19H19ClN4O3S3/c20-17-3-1-15(28-17)16-2-4-18(29-16)30(26,27)23-14-7-11-24(19(14)25)12-10-22-13-5-8-21-9-6-13/h1-6,8-9,14,23H,7,10-12H2,(H,21,22). The Kier molecular flexibility index (Phi) is 6.40. The van der Waals surface area contributed by atoms with E-state index >= 15 is 0 Å². The number of nitrogens with one attached hydrogen (secondary N) is 2. The van der Waals surface area contributed by atoms with Crippen LogP contribution in [0.15, 0.2) is 53.0 Å². The van der Waals surface area contributed by atoms with Crippen molar-refractivity contribution in [3.63, 3.8) is 0 Å². The van der Waals surface area contributed by atoms with E-state index in [0.717, 1.165) is 26.8 Å². The Hall–Kier alpha value is -1.98. The van der Waals surface area contributed by atoms with Crippen LogP contribution >= 0.6 is 34.3 Å². The number of hydrogen-bond donors (Lipinski definition) is 2. The SMILES string of the molecule is O=C1C(NS(=O)(=O)c2ccc(-c3ccc(Cl)s3)s2)CCN1CCNc1ccncc1. The second-order valence-electron chi connectivity index (χ2n) is 6.67. The minimum Gasteiger partial charge on any atom is -0.383 e. The van der Waals surface area contributed by atoms with E-state index in [1.165, 1.54) is 11.3 Å². The molecule has 7 nitrogen and oxygen atoms in total. The molecule has 0 radical (unpaired) electrons. The summed E-state index contributed by atoms with van der Waals surface area (Å²) in [5.41, 5.74) is 0.925. The molecular weight excluding hydrogens is 464 g/mol. The van der Waals surface area contributed by atoms with Crippen molar-refractivity contribution in [2.45, 2.75) is 16.7 Å². The van der Waals surface area contributed by atoms with Gasteiger partial charge in [-0.3, -0.25) is 9.78 Å². The van der Waals surface area contributed by atoms with Crippen LogP contribution in [0, 0.1) is 0 Å². The average molecular weight is 483 g/mol. The second-order valence-corrected chi connectivity index (χ2v) is 11.4. The van der Waals surface area contributed by atoms with Crippen LogP contribution in [0.4, 0.5) is 5.69 Å². The molecule has 1 unspecified atom stereocenters. The van der Waals surface area contributed by atoms with Gasteiger partial charge in [-0.25, -0.2) is 8.42 Å². The van der Waals surface area contributed by atoms with Crippen LogP contribution in [0.5, 0.6) is 0 Å². The number of anilines is 1. The molecule has 2 N–H and O–H groups in total. The summed E-state index contributed by atoms with van der Waals surface area (Å²) in [5, 5.41) is 3.22. The van der Waals surface area contributed by atoms with Crippen LogP contribution in [0.25, 0.3) is 9.75 Å². The van der Waals surface area contributed by atoms with Gasteiger partial charge in [-0.1, -0.05) is 11.6 Å². The molecule has 1 aliphatic rings. The monoisotopic (exact) mass is 482 g/mol. The Morgan fingerprint density at radius 2 is 1.83 bits per heavy atom. The number of amides is 1. The minimum absolute atomic E-state index is 0.188. The molecule has 0 spiro atoms. The third kappa shape index (κ3) is 4.84. The molecule has 1 atom stereocenters. The van der Waals surface area contributed by atoms with Crippen molar-refractivity contribution in [3.05, 3.63) is 53.1 Å². The van der Waals surface area contributed by atoms with Crippen LogP contribution in [0.1, 0.15) is 6.42 Å². The van der Waals surface area contributed by atoms with Crippen molar-refractivity contribution in [2.75, 3.05) is 25.0 Å². The molecule has 0 aromatic carbocycles. The van der Waals surface area contributed by atoms with Crippen molar-refractivity contribution in [3.8, 4) is 9.75 Å². The molecule has 4 heterocycles. The molecule has 1 amide bonds. The average Bonchev–Trinajstić information content (AvgIpc) is 3.45. The lowest BCUT2D eigenvalue weighted by atomic mass is 10.3. The molecule has 0 bridgehead atoms. The van der Waals surface area contributed by atoms with E-state index in [1.807, 2.05) is 18.2 Å². The van der Waals surface area contributed by atoms with E-state index in [9.17, 15) is 13.2 Å². The van der Waals surface area contributed by atoms with E-state index in [4.69, 9.17) is 11.6 Å². The summed E-state index contributed by atoms with van der Waals surface area (Å²) in [6, 6.07) is 9.92. The Morgan fingerprint density at radius 1 is 1.10 bits per heavy atom. The van der Waals surface area contributed by atoms with Gasteiger partial charge in [-0.2, -0.15) is 4.72 Å². The first kappa shape index (κ1) is 21.3. The topological polar surface area (TPSA) is 91.4 Å². The molecule has 1 fully saturated rings. The van der Waals surface area contributed by atoms with E-state index in [1.54, 1.807) is 35.5 Å². The van der Waals surface area contributed by atoms with Crippen molar-refractivity contribution >= 4 is 55.9 Å². The Balaban J connectivity index is 1.34. The number of carbonyl (C=O) groups is 1. The fourth-order valence-electron chi connectivity index (χ4n) is 3.16. The molecule has 4 rings (SSSR count). The van der Waals surface area contributed by atoms with Crippen molar-refractivity contribution in [1.29, 1.82) is 0 Å². The maximum absolute atomic E-state index is 12.8. The van der Waals surface area contributed by atoms with Gasteiger partial charge >= 0.3 is 0 Å². The van der Waals surface area contributed by atoms with Gasteiger partial charge < -0.3 is 10.2 Å². The molecule has 3 aromatic rings. The molecule has 30 heavy (non-hydrogen) atoms. The van der Waals surface area contributed by atoms with Gasteiger partial charge in [-0.05, 0) is 42.8 Å². The van der Waals surface area contributed by atoms with E-state index in [2.05, 4.69) is 15.0 Å². The predicted octanol–water partition coefficient (Wildman–Crippen LogP) is 3.52. The second kappa shape index (κ2) is 9.03. The first-order valence-corrected chi connectivity index (χ1v) is 12.7. The fourth-order valence-corrected chi connectivity index (χ4v) is 6.84. The molecule has 3 aromatic heterocycles. The first-order chi connectivity index (χ1) is 14.4. The van der Waals surface area contributed by atoms with Gasteiger partial charge in [-0.15, -0.1) is 22.7 Å². The van der Waals surface area contributed by atoms with Crippen LogP contribution in [-0.4, -0.2) is 49.9 Å². The Labute approximate surface area is 187 Å². The van der Waals surface area contributed by atoms with Crippen LogP contribution in [0.2, 0.25) is 4.34 Å². The molecule has 1 aliphatic heterocycles. The zero-order chi connectivity index (χ0) is 21.1. The lowest BCUT2D eigenvalue weighted by molar-refractivity contribution is -0.128. The van der Waals surface area contributed by atoms with Gasteiger partial charge in [0.25, 0.3) is 10.0 Å².